The maximum absolute atomic E-state index is 12.4. The van der Waals surface area contributed by atoms with Crippen molar-refractivity contribution in [1.82, 2.24) is 14.9 Å². The van der Waals surface area contributed by atoms with Gasteiger partial charge in [0.1, 0.15) is 23.0 Å². The van der Waals surface area contributed by atoms with Gasteiger partial charge in [-0.25, -0.2) is 9.97 Å². The van der Waals surface area contributed by atoms with E-state index in [1.807, 2.05) is 34.0 Å². The summed E-state index contributed by atoms with van der Waals surface area (Å²) >= 11 is 0. The molecule has 6 nitrogen and oxygen atoms in total. The molecule has 1 aromatic rings. The number of nitrogens with one attached hydrogen (secondary N) is 1. The van der Waals surface area contributed by atoms with Crippen molar-refractivity contribution in [2.24, 2.45) is 0 Å². The number of amides is 1. The molecule has 1 aliphatic rings. The van der Waals surface area contributed by atoms with E-state index in [9.17, 15) is 4.79 Å². The highest BCUT2D eigenvalue weighted by atomic mass is 16.2. The van der Waals surface area contributed by atoms with Gasteiger partial charge in [0.05, 0.1) is 0 Å². The van der Waals surface area contributed by atoms with E-state index < -0.39 is 5.54 Å². The second kappa shape index (κ2) is 5.87. The van der Waals surface area contributed by atoms with Crippen LogP contribution in [0.2, 0.25) is 0 Å². The summed E-state index contributed by atoms with van der Waals surface area (Å²) in [5.41, 5.74) is -0.587. The highest BCUT2D eigenvalue weighted by molar-refractivity contribution is 5.90. The number of aromatic nitrogens is 2. The standard InChI is InChI=1S/C15H25N5O/c1-6-7-11-17-12(16-4)10-13(18-11)20-9-8-19(5)14(21)15(20,2)3/h10H,6-9H2,1-5H3,(H,16,17,18). The van der Waals surface area contributed by atoms with Crippen LogP contribution in [0.15, 0.2) is 6.07 Å². The number of anilines is 2. The summed E-state index contributed by atoms with van der Waals surface area (Å²) in [4.78, 5) is 25.4. The Bertz CT molecular complexity index is 529. The van der Waals surface area contributed by atoms with Crippen LogP contribution in [0.1, 0.15) is 33.0 Å². The second-order valence-corrected chi connectivity index (χ2v) is 5.96. The minimum absolute atomic E-state index is 0.121. The molecule has 0 aliphatic carbocycles. The molecule has 0 unspecified atom stereocenters. The number of rotatable bonds is 4. The zero-order chi connectivity index (χ0) is 15.6. The van der Waals surface area contributed by atoms with Crippen LogP contribution in [-0.4, -0.2) is 53.5 Å². The molecule has 0 saturated carbocycles. The molecule has 21 heavy (non-hydrogen) atoms. The lowest BCUT2D eigenvalue weighted by atomic mass is 9.98. The Morgan fingerprint density at radius 2 is 2.05 bits per heavy atom. The van der Waals surface area contributed by atoms with Crippen LogP contribution in [0.3, 0.4) is 0 Å². The fourth-order valence-corrected chi connectivity index (χ4v) is 2.70. The van der Waals surface area contributed by atoms with Crippen LogP contribution in [0.5, 0.6) is 0 Å². The van der Waals surface area contributed by atoms with Gasteiger partial charge in [0, 0.05) is 39.7 Å². The molecular formula is C15H25N5O. The van der Waals surface area contributed by atoms with E-state index in [2.05, 4.69) is 27.1 Å². The topological polar surface area (TPSA) is 61.4 Å². The zero-order valence-electron chi connectivity index (χ0n) is 13.6. The summed E-state index contributed by atoms with van der Waals surface area (Å²) in [5.74, 6) is 2.56. The number of aryl methyl sites for hydroxylation is 1. The lowest BCUT2D eigenvalue weighted by Gasteiger charge is -2.45. The second-order valence-electron chi connectivity index (χ2n) is 5.96. The van der Waals surface area contributed by atoms with E-state index in [1.165, 1.54) is 0 Å². The molecule has 0 spiro atoms. The molecule has 6 heteroatoms. The van der Waals surface area contributed by atoms with Crippen molar-refractivity contribution in [2.45, 2.75) is 39.2 Å². The molecule has 1 aliphatic heterocycles. The highest BCUT2D eigenvalue weighted by Gasteiger charge is 2.41. The van der Waals surface area contributed by atoms with E-state index in [4.69, 9.17) is 0 Å². The highest BCUT2D eigenvalue weighted by Crippen LogP contribution is 2.28. The Labute approximate surface area is 126 Å². The van der Waals surface area contributed by atoms with Gasteiger partial charge in [-0.05, 0) is 20.3 Å². The van der Waals surface area contributed by atoms with E-state index in [-0.39, 0.29) is 5.91 Å². The van der Waals surface area contributed by atoms with Crippen LogP contribution >= 0.6 is 0 Å². The minimum atomic E-state index is -0.587. The molecule has 1 aromatic heterocycles. The molecule has 2 rings (SSSR count). The van der Waals surface area contributed by atoms with Crippen LogP contribution < -0.4 is 10.2 Å². The summed E-state index contributed by atoms with van der Waals surface area (Å²) < 4.78 is 0. The number of hydrogen-bond acceptors (Lipinski definition) is 5. The van der Waals surface area contributed by atoms with Crippen molar-refractivity contribution >= 4 is 17.5 Å². The van der Waals surface area contributed by atoms with Crippen LogP contribution in [-0.2, 0) is 11.2 Å². The number of hydrogen-bond donors (Lipinski definition) is 1. The van der Waals surface area contributed by atoms with Crippen LogP contribution in [0.25, 0.3) is 0 Å². The quantitative estimate of drug-likeness (QED) is 0.911. The number of piperazine rings is 1. The summed E-state index contributed by atoms with van der Waals surface area (Å²) in [5, 5.41) is 3.08. The lowest BCUT2D eigenvalue weighted by molar-refractivity contribution is -0.136. The van der Waals surface area contributed by atoms with Gasteiger partial charge in [0.2, 0.25) is 5.91 Å². The predicted octanol–water partition coefficient (Wildman–Crippen LogP) is 1.53. The predicted molar refractivity (Wildman–Crippen MR) is 84.6 cm³/mol. The van der Waals surface area contributed by atoms with Crippen molar-refractivity contribution in [3.05, 3.63) is 11.9 Å². The third-order valence-corrected chi connectivity index (χ3v) is 3.97. The Morgan fingerprint density at radius 3 is 2.67 bits per heavy atom. The van der Waals surface area contributed by atoms with Crippen molar-refractivity contribution < 1.29 is 4.79 Å². The molecule has 0 atom stereocenters. The van der Waals surface area contributed by atoms with Crippen molar-refractivity contribution in [1.29, 1.82) is 0 Å². The lowest BCUT2D eigenvalue weighted by Crippen LogP contribution is -2.62. The SMILES string of the molecule is CCCc1nc(NC)cc(N2CCN(C)C(=O)C2(C)C)n1. The van der Waals surface area contributed by atoms with Gasteiger partial charge in [0.15, 0.2) is 0 Å². The minimum Gasteiger partial charge on any atom is -0.373 e. The molecule has 1 amide bonds. The van der Waals surface area contributed by atoms with Gasteiger partial charge in [0.25, 0.3) is 0 Å². The number of nitrogens with zero attached hydrogens (tertiary/aromatic N) is 4. The maximum atomic E-state index is 12.4. The van der Waals surface area contributed by atoms with Crippen LogP contribution in [0, 0.1) is 0 Å². The summed E-state index contributed by atoms with van der Waals surface area (Å²) in [6.07, 6.45) is 1.84. The van der Waals surface area contributed by atoms with Gasteiger partial charge >= 0.3 is 0 Å². The van der Waals surface area contributed by atoms with Gasteiger partial charge < -0.3 is 15.1 Å². The molecular weight excluding hydrogens is 266 g/mol. The van der Waals surface area contributed by atoms with E-state index in [0.717, 1.165) is 36.8 Å². The number of carbonyl (C=O) groups is 1. The molecule has 0 aromatic carbocycles. The fourth-order valence-electron chi connectivity index (χ4n) is 2.70. The average molecular weight is 291 g/mol. The summed E-state index contributed by atoms with van der Waals surface area (Å²) in [6.45, 7) is 7.50. The molecule has 1 N–H and O–H groups in total. The first-order valence-corrected chi connectivity index (χ1v) is 7.49. The molecule has 116 valence electrons. The van der Waals surface area contributed by atoms with Gasteiger partial charge in [-0.15, -0.1) is 0 Å². The van der Waals surface area contributed by atoms with Crippen molar-refractivity contribution in [3.8, 4) is 0 Å². The summed E-state index contributed by atoms with van der Waals surface area (Å²) in [7, 11) is 3.70. The Hall–Kier alpha value is -1.85. The van der Waals surface area contributed by atoms with E-state index in [0.29, 0.717) is 6.54 Å². The Balaban J connectivity index is 2.40. The Morgan fingerprint density at radius 1 is 1.33 bits per heavy atom. The number of likely N-dealkylation sites (N-methyl/N-ethyl adjacent to an activating group) is 1. The van der Waals surface area contributed by atoms with Gasteiger partial charge in [-0.1, -0.05) is 6.92 Å². The largest absolute Gasteiger partial charge is 0.373 e. The zero-order valence-corrected chi connectivity index (χ0v) is 13.6. The average Bonchev–Trinajstić information content (AvgIpc) is 2.45. The first-order valence-electron chi connectivity index (χ1n) is 7.49. The Kier molecular flexibility index (Phi) is 4.34. The van der Waals surface area contributed by atoms with E-state index >= 15 is 0 Å². The molecule has 1 saturated heterocycles. The molecule has 0 radical (unpaired) electrons. The molecule has 1 fully saturated rings. The van der Waals surface area contributed by atoms with E-state index in [1.54, 1.807) is 4.90 Å². The van der Waals surface area contributed by atoms with Crippen LogP contribution in [0.4, 0.5) is 11.6 Å². The van der Waals surface area contributed by atoms with Crippen molar-refractivity contribution in [3.63, 3.8) is 0 Å². The van der Waals surface area contributed by atoms with Gasteiger partial charge in [-0.2, -0.15) is 0 Å². The third-order valence-electron chi connectivity index (χ3n) is 3.97. The fraction of sp³-hybridized carbons (Fsp3) is 0.667. The first kappa shape index (κ1) is 15.5. The normalized spacial score (nSPS) is 18.0. The van der Waals surface area contributed by atoms with Gasteiger partial charge in [-0.3, -0.25) is 4.79 Å². The smallest absolute Gasteiger partial charge is 0.247 e. The maximum Gasteiger partial charge on any atom is 0.247 e. The summed E-state index contributed by atoms with van der Waals surface area (Å²) in [6, 6.07) is 1.92. The monoisotopic (exact) mass is 291 g/mol. The molecule has 2 heterocycles. The molecule has 0 bridgehead atoms. The van der Waals surface area contributed by atoms with Crippen molar-refractivity contribution in [2.75, 3.05) is 37.4 Å². The third kappa shape index (κ3) is 2.94. The number of carbonyl (C=O) groups excluding carboxylic acids is 1. The first-order chi connectivity index (χ1) is 9.90.